The number of carboxylic acids is 1. The van der Waals surface area contributed by atoms with E-state index in [1.807, 2.05) is 12.4 Å². The third-order valence-electron chi connectivity index (χ3n) is 7.00. The van der Waals surface area contributed by atoms with E-state index >= 15 is 0 Å². The van der Waals surface area contributed by atoms with Crippen LogP contribution in [0.3, 0.4) is 0 Å². The third-order valence-corrected chi connectivity index (χ3v) is 7.00. The van der Waals surface area contributed by atoms with Gasteiger partial charge in [-0.2, -0.15) is 0 Å². The largest absolute Gasteiger partial charge is 0.478 e. The van der Waals surface area contributed by atoms with Gasteiger partial charge in [-0.25, -0.2) is 14.8 Å². The SMILES string of the molecule is CCCCCc1cnc(-c2ccc(C3CCC(CCCCC/C=C/C(=O)O)CC3)cc2)nc1. The molecular formula is C29H40N2O2. The van der Waals surface area contributed by atoms with E-state index in [1.54, 1.807) is 6.08 Å². The molecule has 33 heavy (non-hydrogen) atoms. The molecule has 0 spiro atoms. The molecule has 0 bridgehead atoms. The summed E-state index contributed by atoms with van der Waals surface area (Å²) in [6, 6.07) is 8.94. The van der Waals surface area contributed by atoms with Crippen molar-refractivity contribution in [1.29, 1.82) is 0 Å². The van der Waals surface area contributed by atoms with Crippen LogP contribution in [0.2, 0.25) is 0 Å². The minimum absolute atomic E-state index is 0.679. The monoisotopic (exact) mass is 448 g/mol. The maximum atomic E-state index is 10.5. The van der Waals surface area contributed by atoms with Crippen molar-refractivity contribution < 1.29 is 9.90 Å². The van der Waals surface area contributed by atoms with Crippen molar-refractivity contribution >= 4 is 5.97 Å². The van der Waals surface area contributed by atoms with Gasteiger partial charge in [0.25, 0.3) is 0 Å². The highest BCUT2D eigenvalue weighted by molar-refractivity contribution is 5.79. The van der Waals surface area contributed by atoms with Crippen molar-refractivity contribution in [3.8, 4) is 11.4 Å². The van der Waals surface area contributed by atoms with Gasteiger partial charge in [0.1, 0.15) is 0 Å². The summed E-state index contributed by atoms with van der Waals surface area (Å²) in [7, 11) is 0. The average molecular weight is 449 g/mol. The van der Waals surface area contributed by atoms with E-state index in [0.717, 1.165) is 36.6 Å². The smallest absolute Gasteiger partial charge is 0.327 e. The molecule has 1 saturated carbocycles. The van der Waals surface area contributed by atoms with Gasteiger partial charge in [-0.15, -0.1) is 0 Å². The van der Waals surface area contributed by atoms with Crippen molar-refractivity contribution in [3.05, 3.63) is 59.9 Å². The number of rotatable bonds is 13. The molecule has 0 aliphatic heterocycles. The van der Waals surface area contributed by atoms with Crippen molar-refractivity contribution in [2.24, 2.45) is 5.92 Å². The molecule has 3 rings (SSSR count). The molecule has 1 aromatic heterocycles. The fraction of sp³-hybridized carbons (Fsp3) is 0.552. The van der Waals surface area contributed by atoms with Crippen LogP contribution in [-0.4, -0.2) is 21.0 Å². The third kappa shape index (κ3) is 8.75. The number of allylic oxidation sites excluding steroid dienone is 1. The molecule has 178 valence electrons. The average Bonchev–Trinajstić information content (AvgIpc) is 2.84. The number of unbranched alkanes of at least 4 members (excludes halogenated alkanes) is 5. The molecule has 1 aliphatic rings. The minimum Gasteiger partial charge on any atom is -0.478 e. The van der Waals surface area contributed by atoms with Gasteiger partial charge in [-0.3, -0.25) is 0 Å². The lowest BCUT2D eigenvalue weighted by Crippen LogP contribution is -2.13. The van der Waals surface area contributed by atoms with Gasteiger partial charge in [-0.05, 0) is 74.3 Å². The molecule has 4 nitrogen and oxygen atoms in total. The fourth-order valence-corrected chi connectivity index (χ4v) is 4.96. The number of aliphatic carboxylic acids is 1. The number of carboxylic acid groups (broad SMARTS) is 1. The van der Waals surface area contributed by atoms with E-state index in [2.05, 4.69) is 41.2 Å². The molecule has 0 unspecified atom stereocenters. The molecule has 1 aliphatic carbocycles. The predicted octanol–water partition coefficient (Wildman–Crippen LogP) is 7.74. The van der Waals surface area contributed by atoms with E-state index in [0.29, 0.717) is 5.92 Å². The lowest BCUT2D eigenvalue weighted by atomic mass is 9.77. The summed E-state index contributed by atoms with van der Waals surface area (Å²) < 4.78 is 0. The topological polar surface area (TPSA) is 63.1 Å². The molecule has 1 heterocycles. The Morgan fingerprint density at radius 2 is 1.70 bits per heavy atom. The minimum atomic E-state index is -0.846. The van der Waals surface area contributed by atoms with Crippen molar-refractivity contribution in [1.82, 2.24) is 9.97 Å². The van der Waals surface area contributed by atoms with Crippen LogP contribution >= 0.6 is 0 Å². The Hall–Kier alpha value is -2.49. The number of benzene rings is 1. The molecule has 0 atom stereocenters. The Kier molecular flexibility index (Phi) is 10.6. The number of nitrogens with zero attached hydrogens (tertiary/aromatic N) is 2. The standard InChI is InChI=1S/C29H40N2O2/c1-2-3-7-11-24-21-30-29(31-22-24)27-19-17-26(18-20-27)25-15-13-23(14-16-25)10-8-5-4-6-9-12-28(32)33/h9,12,17-23,25H,2-8,10-11,13-16H2,1H3,(H,32,33)/b12-9+. The normalized spacial score (nSPS) is 18.6. The number of hydrogen-bond acceptors (Lipinski definition) is 3. The van der Waals surface area contributed by atoms with E-state index in [1.165, 1.54) is 81.4 Å². The highest BCUT2D eigenvalue weighted by Gasteiger charge is 2.22. The zero-order chi connectivity index (χ0) is 23.3. The lowest BCUT2D eigenvalue weighted by Gasteiger charge is -2.29. The van der Waals surface area contributed by atoms with Crippen molar-refractivity contribution in [3.63, 3.8) is 0 Å². The van der Waals surface area contributed by atoms with Crippen LogP contribution in [-0.2, 0) is 11.2 Å². The maximum absolute atomic E-state index is 10.5. The van der Waals surface area contributed by atoms with Gasteiger partial charge in [0, 0.05) is 24.0 Å². The Balaban J connectivity index is 1.38. The van der Waals surface area contributed by atoms with Gasteiger partial charge in [-0.1, -0.05) is 69.4 Å². The Labute approximate surface area is 199 Å². The Morgan fingerprint density at radius 3 is 2.36 bits per heavy atom. The lowest BCUT2D eigenvalue weighted by molar-refractivity contribution is -0.131. The summed E-state index contributed by atoms with van der Waals surface area (Å²) in [6.07, 6.45) is 22.8. The zero-order valence-electron chi connectivity index (χ0n) is 20.2. The van der Waals surface area contributed by atoms with Gasteiger partial charge in [0.05, 0.1) is 0 Å². The Morgan fingerprint density at radius 1 is 0.970 bits per heavy atom. The number of hydrogen-bond donors (Lipinski definition) is 1. The summed E-state index contributed by atoms with van der Waals surface area (Å²) in [5.41, 5.74) is 3.79. The second kappa shape index (κ2) is 13.9. The molecule has 4 heteroatoms. The number of aryl methyl sites for hydroxylation is 1. The molecular weight excluding hydrogens is 408 g/mol. The molecule has 0 radical (unpaired) electrons. The second-order valence-corrected chi connectivity index (χ2v) is 9.59. The van der Waals surface area contributed by atoms with Crippen LogP contribution < -0.4 is 0 Å². The van der Waals surface area contributed by atoms with Crippen molar-refractivity contribution in [2.45, 2.75) is 96.3 Å². The quantitative estimate of drug-likeness (QED) is 0.251. The molecule has 0 saturated heterocycles. The maximum Gasteiger partial charge on any atom is 0.327 e. The van der Waals surface area contributed by atoms with Crippen molar-refractivity contribution in [2.75, 3.05) is 0 Å². The molecule has 2 aromatic rings. The van der Waals surface area contributed by atoms with E-state index in [9.17, 15) is 4.79 Å². The van der Waals surface area contributed by atoms with Crippen LogP contribution in [0.1, 0.15) is 101 Å². The van der Waals surface area contributed by atoms with Gasteiger partial charge in [0.2, 0.25) is 0 Å². The van der Waals surface area contributed by atoms with E-state index in [4.69, 9.17) is 5.11 Å². The van der Waals surface area contributed by atoms with Gasteiger partial charge < -0.3 is 5.11 Å². The highest BCUT2D eigenvalue weighted by Crippen LogP contribution is 2.38. The first-order chi connectivity index (χ1) is 16.2. The van der Waals surface area contributed by atoms with Crippen LogP contribution in [0.5, 0.6) is 0 Å². The van der Waals surface area contributed by atoms with Crippen LogP contribution in [0.15, 0.2) is 48.8 Å². The van der Waals surface area contributed by atoms with E-state index < -0.39 is 5.97 Å². The summed E-state index contributed by atoms with van der Waals surface area (Å²) >= 11 is 0. The van der Waals surface area contributed by atoms with Crippen LogP contribution in [0.25, 0.3) is 11.4 Å². The number of aromatic nitrogens is 2. The predicted molar refractivity (Wildman–Crippen MR) is 135 cm³/mol. The fourth-order valence-electron chi connectivity index (χ4n) is 4.96. The summed E-state index contributed by atoms with van der Waals surface area (Å²) in [5.74, 6) is 1.52. The van der Waals surface area contributed by atoms with Gasteiger partial charge in [0.15, 0.2) is 5.82 Å². The molecule has 1 N–H and O–H groups in total. The van der Waals surface area contributed by atoms with Crippen LogP contribution in [0, 0.1) is 5.92 Å². The highest BCUT2D eigenvalue weighted by atomic mass is 16.4. The van der Waals surface area contributed by atoms with Gasteiger partial charge >= 0.3 is 5.97 Å². The zero-order valence-corrected chi connectivity index (χ0v) is 20.2. The first-order valence-corrected chi connectivity index (χ1v) is 13.0. The second-order valence-electron chi connectivity index (χ2n) is 9.59. The summed E-state index contributed by atoms with van der Waals surface area (Å²) in [6.45, 7) is 2.23. The molecule has 1 aromatic carbocycles. The van der Waals surface area contributed by atoms with E-state index in [-0.39, 0.29) is 0 Å². The first-order valence-electron chi connectivity index (χ1n) is 13.0. The summed E-state index contributed by atoms with van der Waals surface area (Å²) in [4.78, 5) is 19.7. The summed E-state index contributed by atoms with van der Waals surface area (Å²) in [5, 5.41) is 8.60. The molecule has 0 amide bonds. The Bertz CT molecular complexity index is 850. The van der Waals surface area contributed by atoms with Crippen LogP contribution in [0.4, 0.5) is 0 Å². The first kappa shape index (κ1) is 25.1. The molecule has 1 fully saturated rings. The number of carbonyl (C=O) groups is 1.